The number of benzene rings is 2. The molecule has 200 valence electrons. The Kier molecular flexibility index (Phi) is 8.81. The van der Waals surface area contributed by atoms with Crippen molar-refractivity contribution < 1.29 is 23.8 Å². The summed E-state index contributed by atoms with van der Waals surface area (Å²) in [4.78, 5) is 34.7. The van der Waals surface area contributed by atoms with Crippen LogP contribution in [0.3, 0.4) is 0 Å². The summed E-state index contributed by atoms with van der Waals surface area (Å²) in [6.07, 6.45) is 1.64. The molecule has 0 bridgehead atoms. The first kappa shape index (κ1) is 27.2. The average molecular weight is 534 g/mol. The molecule has 0 aliphatic rings. The van der Waals surface area contributed by atoms with Crippen molar-refractivity contribution in [2.24, 2.45) is 0 Å². The normalized spacial score (nSPS) is 11.6. The van der Waals surface area contributed by atoms with Crippen molar-refractivity contribution >= 4 is 5.91 Å². The minimum atomic E-state index is -2.73. The van der Waals surface area contributed by atoms with Crippen LogP contribution in [0, 0.1) is 11.8 Å². The highest BCUT2D eigenvalue weighted by atomic mass is 19.3. The van der Waals surface area contributed by atoms with Gasteiger partial charge in [0.2, 0.25) is 11.7 Å². The zero-order valence-corrected chi connectivity index (χ0v) is 20.6. The van der Waals surface area contributed by atoms with E-state index in [0.29, 0.717) is 23.5 Å². The van der Waals surface area contributed by atoms with Gasteiger partial charge in [-0.2, -0.15) is 0 Å². The lowest BCUT2D eigenvalue weighted by atomic mass is 9.92. The van der Waals surface area contributed by atoms with Crippen LogP contribution in [0.15, 0.2) is 72.0 Å². The maximum absolute atomic E-state index is 12.7. The zero-order valence-electron chi connectivity index (χ0n) is 20.6. The van der Waals surface area contributed by atoms with E-state index in [4.69, 9.17) is 0 Å². The van der Waals surface area contributed by atoms with Crippen molar-refractivity contribution in [2.75, 3.05) is 6.54 Å². The second kappa shape index (κ2) is 12.6. The second-order valence-electron chi connectivity index (χ2n) is 8.62. The minimum absolute atomic E-state index is 0.0242. The SMILES string of the molecule is O=C(NCC(F)F)C(Cc1nc[nH]c(=O)c1O)c1ccc(C#Cc2ccc(Cn3ccnc3CO)cc2)cc1. The van der Waals surface area contributed by atoms with Gasteiger partial charge in [-0.1, -0.05) is 36.1 Å². The molecule has 4 rings (SSSR count). The first-order chi connectivity index (χ1) is 18.8. The number of hydrogen-bond donors (Lipinski definition) is 4. The molecule has 1 atom stereocenters. The largest absolute Gasteiger partial charge is 0.502 e. The van der Waals surface area contributed by atoms with Crippen LogP contribution >= 0.6 is 0 Å². The summed E-state index contributed by atoms with van der Waals surface area (Å²) in [5, 5.41) is 21.6. The molecule has 0 aliphatic carbocycles. The summed E-state index contributed by atoms with van der Waals surface area (Å²) in [6, 6.07) is 14.3. The monoisotopic (exact) mass is 533 g/mol. The van der Waals surface area contributed by atoms with Gasteiger partial charge < -0.3 is 25.1 Å². The van der Waals surface area contributed by atoms with Crippen molar-refractivity contribution in [3.63, 3.8) is 0 Å². The van der Waals surface area contributed by atoms with Crippen LogP contribution in [0.2, 0.25) is 0 Å². The highest BCUT2D eigenvalue weighted by molar-refractivity contribution is 5.84. The number of hydrogen-bond acceptors (Lipinski definition) is 6. The Bertz CT molecular complexity index is 1540. The van der Waals surface area contributed by atoms with E-state index in [1.165, 1.54) is 0 Å². The lowest BCUT2D eigenvalue weighted by molar-refractivity contribution is -0.123. The molecule has 1 unspecified atom stereocenters. The van der Waals surface area contributed by atoms with Crippen molar-refractivity contribution in [1.82, 2.24) is 24.8 Å². The fourth-order valence-corrected chi connectivity index (χ4v) is 3.90. The van der Waals surface area contributed by atoms with E-state index in [-0.39, 0.29) is 18.7 Å². The van der Waals surface area contributed by atoms with Crippen molar-refractivity contribution in [1.29, 1.82) is 0 Å². The molecule has 39 heavy (non-hydrogen) atoms. The lowest BCUT2D eigenvalue weighted by Crippen LogP contribution is -2.34. The van der Waals surface area contributed by atoms with Gasteiger partial charge in [-0.3, -0.25) is 9.59 Å². The van der Waals surface area contributed by atoms with Gasteiger partial charge in [-0.25, -0.2) is 18.7 Å². The molecule has 0 saturated carbocycles. The number of aromatic hydroxyl groups is 1. The van der Waals surface area contributed by atoms with Crippen molar-refractivity contribution in [3.05, 3.63) is 111 Å². The van der Waals surface area contributed by atoms with Crippen LogP contribution in [-0.4, -0.2) is 48.6 Å². The maximum Gasteiger partial charge on any atom is 0.293 e. The molecule has 2 aromatic carbocycles. The molecule has 0 fully saturated rings. The number of alkyl halides is 2. The molecule has 4 N–H and O–H groups in total. The number of aliphatic hydroxyl groups is 1. The Morgan fingerprint density at radius 2 is 1.72 bits per heavy atom. The van der Waals surface area contributed by atoms with Crippen LogP contribution < -0.4 is 10.9 Å². The Morgan fingerprint density at radius 1 is 1.05 bits per heavy atom. The van der Waals surface area contributed by atoms with Crippen LogP contribution in [-0.2, 0) is 24.4 Å². The predicted molar refractivity (Wildman–Crippen MR) is 138 cm³/mol. The topological polar surface area (TPSA) is 133 Å². The third-order valence-corrected chi connectivity index (χ3v) is 5.96. The molecule has 0 spiro atoms. The third-order valence-electron chi connectivity index (χ3n) is 5.96. The zero-order chi connectivity index (χ0) is 27.8. The average Bonchev–Trinajstić information content (AvgIpc) is 3.39. The maximum atomic E-state index is 12.7. The number of halogens is 2. The molecular formula is C28H25F2N5O4. The number of imidazole rings is 1. The van der Waals surface area contributed by atoms with E-state index in [1.54, 1.807) is 36.7 Å². The molecule has 2 heterocycles. The summed E-state index contributed by atoms with van der Waals surface area (Å²) >= 11 is 0. The van der Waals surface area contributed by atoms with Crippen LogP contribution in [0.5, 0.6) is 5.75 Å². The molecule has 0 saturated heterocycles. The number of rotatable bonds is 9. The Labute approximate surface area is 222 Å². The number of aromatic amines is 1. The van der Waals surface area contributed by atoms with Crippen LogP contribution in [0.4, 0.5) is 8.78 Å². The van der Waals surface area contributed by atoms with Gasteiger partial charge in [-0.15, -0.1) is 0 Å². The van der Waals surface area contributed by atoms with Gasteiger partial charge in [-0.05, 0) is 35.4 Å². The summed E-state index contributed by atoms with van der Waals surface area (Å²) in [5.41, 5.74) is 2.18. The van der Waals surface area contributed by atoms with Gasteiger partial charge in [0.1, 0.15) is 12.4 Å². The van der Waals surface area contributed by atoms with Gasteiger partial charge in [0.05, 0.1) is 24.5 Å². The lowest BCUT2D eigenvalue weighted by Gasteiger charge is -2.17. The second-order valence-corrected chi connectivity index (χ2v) is 8.62. The molecule has 0 radical (unpaired) electrons. The Balaban J connectivity index is 1.49. The van der Waals surface area contributed by atoms with E-state index < -0.39 is 36.1 Å². The predicted octanol–water partition coefficient (Wildman–Crippen LogP) is 2.32. The summed E-state index contributed by atoms with van der Waals surface area (Å²) in [7, 11) is 0. The van der Waals surface area contributed by atoms with Gasteiger partial charge >= 0.3 is 0 Å². The smallest absolute Gasteiger partial charge is 0.293 e. The van der Waals surface area contributed by atoms with Crippen molar-refractivity contribution in [3.8, 4) is 17.6 Å². The first-order valence-electron chi connectivity index (χ1n) is 12.0. The molecule has 0 aliphatic heterocycles. The Morgan fingerprint density at radius 3 is 2.36 bits per heavy atom. The van der Waals surface area contributed by atoms with E-state index in [1.807, 2.05) is 28.8 Å². The number of carbonyl (C=O) groups excluding carboxylic acids is 1. The fraction of sp³-hybridized carbons (Fsp3) is 0.214. The highest BCUT2D eigenvalue weighted by Crippen LogP contribution is 2.24. The van der Waals surface area contributed by atoms with E-state index in [9.17, 15) is 28.6 Å². The molecule has 9 nitrogen and oxygen atoms in total. The van der Waals surface area contributed by atoms with Crippen LogP contribution in [0.1, 0.15) is 39.7 Å². The van der Waals surface area contributed by atoms with E-state index in [0.717, 1.165) is 17.5 Å². The molecule has 4 aromatic rings. The quantitative estimate of drug-likeness (QED) is 0.244. The van der Waals surface area contributed by atoms with E-state index >= 15 is 0 Å². The third kappa shape index (κ3) is 7.15. The van der Waals surface area contributed by atoms with Crippen molar-refractivity contribution in [2.45, 2.75) is 31.9 Å². The molecule has 1 amide bonds. The molecular weight excluding hydrogens is 508 g/mol. The number of nitrogens with zero attached hydrogens (tertiary/aromatic N) is 3. The number of aliphatic hydroxyl groups excluding tert-OH is 1. The van der Waals surface area contributed by atoms with E-state index in [2.05, 4.69) is 32.1 Å². The molecule has 11 heteroatoms. The first-order valence-corrected chi connectivity index (χ1v) is 12.0. The number of amides is 1. The number of H-pyrrole nitrogens is 1. The van der Waals surface area contributed by atoms with Gasteiger partial charge in [0.25, 0.3) is 12.0 Å². The minimum Gasteiger partial charge on any atom is -0.502 e. The van der Waals surface area contributed by atoms with Crippen LogP contribution in [0.25, 0.3) is 0 Å². The number of carbonyl (C=O) groups is 1. The highest BCUT2D eigenvalue weighted by Gasteiger charge is 2.24. The number of aromatic nitrogens is 4. The van der Waals surface area contributed by atoms with Gasteiger partial charge in [0, 0.05) is 36.5 Å². The van der Waals surface area contributed by atoms with Gasteiger partial charge in [0.15, 0.2) is 0 Å². The number of nitrogens with one attached hydrogen (secondary N) is 2. The summed E-state index contributed by atoms with van der Waals surface area (Å²) in [5.74, 6) is 4.43. The Hall–Kier alpha value is -4.82. The fourth-order valence-electron chi connectivity index (χ4n) is 3.90. The standard InChI is InChI=1S/C28H25F2N5O4/c29-24(30)14-32-27(38)22(13-23-26(37)28(39)34-17-33-23)21-9-7-19(8-10-21)2-1-18-3-5-20(6-4-18)15-35-12-11-31-25(35)16-36/h3-12,17,22,24,36-37H,13-16H2,(H,32,38)(H,33,34,39). The molecule has 2 aromatic heterocycles. The summed E-state index contributed by atoms with van der Waals surface area (Å²) in [6.45, 7) is -0.388. The summed E-state index contributed by atoms with van der Waals surface area (Å²) < 4.78 is 27.2.